The Hall–Kier alpha value is -0.760. The van der Waals surface area contributed by atoms with Crippen molar-refractivity contribution in [2.24, 2.45) is 11.8 Å². The van der Waals surface area contributed by atoms with Gasteiger partial charge >= 0.3 is 0 Å². The minimum atomic E-state index is 0.486. The van der Waals surface area contributed by atoms with Crippen molar-refractivity contribution < 1.29 is 4.42 Å². The number of nitrogens with one attached hydrogen (secondary N) is 1. The smallest absolute Gasteiger partial charge is 0.106 e. The molecule has 1 atom stereocenters. The van der Waals surface area contributed by atoms with Gasteiger partial charge in [0.05, 0.1) is 0 Å². The zero-order valence-corrected chi connectivity index (χ0v) is 13.9. The van der Waals surface area contributed by atoms with Gasteiger partial charge in [-0.15, -0.1) is 0 Å². The molecule has 0 spiro atoms. The molecule has 0 bridgehead atoms. The van der Waals surface area contributed by atoms with Crippen LogP contribution in [0.3, 0.4) is 0 Å². The molecule has 0 aromatic carbocycles. The van der Waals surface area contributed by atoms with Crippen LogP contribution in [-0.2, 0) is 0 Å². The average Bonchev–Trinajstić information content (AvgIpc) is 2.67. The predicted molar refractivity (Wildman–Crippen MR) is 85.1 cm³/mol. The Balaban J connectivity index is 2.22. The molecule has 0 aliphatic heterocycles. The van der Waals surface area contributed by atoms with E-state index >= 15 is 0 Å². The van der Waals surface area contributed by atoms with E-state index in [0.29, 0.717) is 6.04 Å². The molecule has 1 aliphatic carbocycles. The fourth-order valence-corrected chi connectivity index (χ4v) is 3.69. The first-order valence-electron chi connectivity index (χ1n) is 8.34. The maximum Gasteiger partial charge on any atom is 0.106 e. The number of aryl methyl sites for hydroxylation is 2. The third-order valence-electron chi connectivity index (χ3n) is 5.07. The van der Waals surface area contributed by atoms with Gasteiger partial charge in [-0.25, -0.2) is 0 Å². The standard InChI is InChI=1S/C18H31NO/c1-6-11-19-18(16-9-7-12(2)8-10-16)17-13(3)14(4)20-15(17)5/h12,16,18-19H,6-11H2,1-5H3. The van der Waals surface area contributed by atoms with Crippen LogP contribution >= 0.6 is 0 Å². The molecular weight excluding hydrogens is 246 g/mol. The summed E-state index contributed by atoms with van der Waals surface area (Å²) in [5, 5.41) is 3.81. The topological polar surface area (TPSA) is 25.2 Å². The van der Waals surface area contributed by atoms with Crippen LogP contribution in [0.5, 0.6) is 0 Å². The summed E-state index contributed by atoms with van der Waals surface area (Å²) >= 11 is 0. The van der Waals surface area contributed by atoms with E-state index in [2.05, 4.69) is 39.9 Å². The molecule has 0 saturated heterocycles. The molecule has 2 rings (SSSR count). The van der Waals surface area contributed by atoms with Crippen molar-refractivity contribution in [1.29, 1.82) is 0 Å². The Kier molecular flexibility index (Phi) is 5.31. The molecule has 20 heavy (non-hydrogen) atoms. The van der Waals surface area contributed by atoms with E-state index in [1.165, 1.54) is 43.2 Å². The molecule has 1 aliphatic rings. The molecule has 1 fully saturated rings. The molecule has 1 heterocycles. The van der Waals surface area contributed by atoms with Crippen LogP contribution in [0.4, 0.5) is 0 Å². The maximum atomic E-state index is 5.88. The second kappa shape index (κ2) is 6.80. The van der Waals surface area contributed by atoms with Crippen LogP contribution in [0.15, 0.2) is 4.42 Å². The molecule has 1 aromatic heterocycles. The predicted octanol–water partition coefficient (Wildman–Crippen LogP) is 5.07. The van der Waals surface area contributed by atoms with E-state index in [4.69, 9.17) is 4.42 Å². The highest BCUT2D eigenvalue weighted by atomic mass is 16.3. The Morgan fingerprint density at radius 3 is 2.25 bits per heavy atom. The van der Waals surface area contributed by atoms with Gasteiger partial charge < -0.3 is 9.73 Å². The SMILES string of the molecule is CCCNC(c1c(C)oc(C)c1C)C1CCC(C)CC1. The minimum Gasteiger partial charge on any atom is -0.466 e. The van der Waals surface area contributed by atoms with E-state index in [1.54, 1.807) is 0 Å². The van der Waals surface area contributed by atoms with Gasteiger partial charge in [0, 0.05) is 11.6 Å². The van der Waals surface area contributed by atoms with Crippen molar-refractivity contribution in [3.8, 4) is 0 Å². The van der Waals surface area contributed by atoms with Gasteiger partial charge in [-0.3, -0.25) is 0 Å². The van der Waals surface area contributed by atoms with Crippen molar-refractivity contribution >= 4 is 0 Å². The molecule has 2 nitrogen and oxygen atoms in total. The van der Waals surface area contributed by atoms with Crippen LogP contribution in [0.25, 0.3) is 0 Å². The van der Waals surface area contributed by atoms with Crippen molar-refractivity contribution in [2.75, 3.05) is 6.54 Å². The minimum absolute atomic E-state index is 0.486. The second-order valence-electron chi connectivity index (χ2n) is 6.70. The first kappa shape index (κ1) is 15.6. The monoisotopic (exact) mass is 277 g/mol. The Labute approximate surface area is 124 Å². The lowest BCUT2D eigenvalue weighted by Crippen LogP contribution is -2.32. The van der Waals surface area contributed by atoms with Gasteiger partial charge in [-0.1, -0.05) is 26.7 Å². The maximum absolute atomic E-state index is 5.88. The zero-order valence-electron chi connectivity index (χ0n) is 13.9. The molecule has 2 heteroatoms. The molecule has 0 radical (unpaired) electrons. The highest BCUT2D eigenvalue weighted by Crippen LogP contribution is 2.40. The number of rotatable bonds is 5. The normalized spacial score (nSPS) is 24.9. The summed E-state index contributed by atoms with van der Waals surface area (Å²) in [6.07, 6.45) is 6.65. The van der Waals surface area contributed by atoms with Crippen LogP contribution in [-0.4, -0.2) is 6.54 Å². The fourth-order valence-electron chi connectivity index (χ4n) is 3.69. The lowest BCUT2D eigenvalue weighted by molar-refractivity contribution is 0.230. The number of hydrogen-bond acceptors (Lipinski definition) is 2. The Morgan fingerprint density at radius 1 is 1.10 bits per heavy atom. The van der Waals surface area contributed by atoms with Crippen molar-refractivity contribution in [1.82, 2.24) is 5.32 Å². The number of furan rings is 1. The molecule has 114 valence electrons. The molecule has 1 saturated carbocycles. The van der Waals surface area contributed by atoms with Gasteiger partial charge in [0.25, 0.3) is 0 Å². The van der Waals surface area contributed by atoms with E-state index in [0.717, 1.165) is 29.9 Å². The quantitative estimate of drug-likeness (QED) is 0.812. The van der Waals surface area contributed by atoms with E-state index in [9.17, 15) is 0 Å². The van der Waals surface area contributed by atoms with Crippen LogP contribution in [0.1, 0.15) is 74.6 Å². The summed E-state index contributed by atoms with van der Waals surface area (Å²) in [5.74, 6) is 3.88. The third-order valence-corrected chi connectivity index (χ3v) is 5.07. The van der Waals surface area contributed by atoms with Crippen molar-refractivity contribution in [2.45, 2.75) is 72.8 Å². The van der Waals surface area contributed by atoms with Crippen molar-refractivity contribution in [3.05, 3.63) is 22.6 Å². The van der Waals surface area contributed by atoms with Gasteiger partial charge in [-0.2, -0.15) is 0 Å². The molecule has 1 N–H and O–H groups in total. The molecular formula is C18H31NO. The van der Waals surface area contributed by atoms with Gasteiger partial charge in [-0.05, 0) is 64.0 Å². The largest absolute Gasteiger partial charge is 0.466 e. The Morgan fingerprint density at radius 2 is 1.75 bits per heavy atom. The summed E-state index contributed by atoms with van der Waals surface area (Å²) < 4.78 is 5.88. The van der Waals surface area contributed by atoms with E-state index in [-0.39, 0.29) is 0 Å². The molecule has 1 aromatic rings. The third kappa shape index (κ3) is 3.28. The highest BCUT2D eigenvalue weighted by Gasteiger charge is 2.30. The molecule has 0 amide bonds. The van der Waals surface area contributed by atoms with E-state index in [1.807, 2.05) is 0 Å². The van der Waals surface area contributed by atoms with Crippen LogP contribution in [0, 0.1) is 32.6 Å². The average molecular weight is 277 g/mol. The summed E-state index contributed by atoms with van der Waals surface area (Å²) in [6.45, 7) is 12.2. The lowest BCUT2D eigenvalue weighted by atomic mass is 9.76. The number of hydrogen-bond donors (Lipinski definition) is 1. The highest BCUT2D eigenvalue weighted by molar-refractivity contribution is 5.34. The van der Waals surface area contributed by atoms with Gasteiger partial charge in [0.2, 0.25) is 0 Å². The summed E-state index contributed by atoms with van der Waals surface area (Å²) in [6, 6.07) is 0.486. The summed E-state index contributed by atoms with van der Waals surface area (Å²) in [4.78, 5) is 0. The summed E-state index contributed by atoms with van der Waals surface area (Å²) in [7, 11) is 0. The summed E-state index contributed by atoms with van der Waals surface area (Å²) in [5.41, 5.74) is 2.80. The van der Waals surface area contributed by atoms with Gasteiger partial charge in [0.15, 0.2) is 0 Å². The first-order valence-corrected chi connectivity index (χ1v) is 8.34. The van der Waals surface area contributed by atoms with Crippen LogP contribution < -0.4 is 5.32 Å². The Bertz CT molecular complexity index is 427. The second-order valence-corrected chi connectivity index (χ2v) is 6.70. The van der Waals surface area contributed by atoms with Crippen molar-refractivity contribution in [3.63, 3.8) is 0 Å². The molecule has 1 unspecified atom stereocenters. The van der Waals surface area contributed by atoms with E-state index < -0.39 is 0 Å². The fraction of sp³-hybridized carbons (Fsp3) is 0.778. The van der Waals surface area contributed by atoms with Gasteiger partial charge in [0.1, 0.15) is 11.5 Å². The van der Waals surface area contributed by atoms with Crippen LogP contribution in [0.2, 0.25) is 0 Å². The first-order chi connectivity index (χ1) is 9.54. The zero-order chi connectivity index (χ0) is 14.7. The lowest BCUT2D eigenvalue weighted by Gasteiger charge is -2.34.